The maximum atomic E-state index is 12.4. The van der Waals surface area contributed by atoms with E-state index in [1.54, 1.807) is 30.6 Å². The number of nitrogens with one attached hydrogen (secondary N) is 1. The predicted octanol–water partition coefficient (Wildman–Crippen LogP) is 2.61. The molecule has 9 nitrogen and oxygen atoms in total. The lowest BCUT2D eigenvalue weighted by Gasteiger charge is -2.28. The molecule has 1 aliphatic rings. The van der Waals surface area contributed by atoms with Crippen LogP contribution in [0.15, 0.2) is 59.8 Å². The lowest BCUT2D eigenvalue weighted by Crippen LogP contribution is -2.36. The topological polar surface area (TPSA) is 102 Å². The zero-order chi connectivity index (χ0) is 22.2. The van der Waals surface area contributed by atoms with Crippen molar-refractivity contribution in [1.82, 2.24) is 15.0 Å². The highest BCUT2D eigenvalue weighted by Crippen LogP contribution is 2.21. The van der Waals surface area contributed by atoms with Crippen molar-refractivity contribution in [3.8, 4) is 6.01 Å². The van der Waals surface area contributed by atoms with Crippen LogP contribution in [-0.2, 0) is 16.0 Å². The molecule has 1 saturated heterocycles. The molecule has 1 aromatic carbocycles. The van der Waals surface area contributed by atoms with E-state index in [-0.39, 0.29) is 12.4 Å². The third-order valence-corrected chi connectivity index (χ3v) is 4.72. The van der Waals surface area contributed by atoms with Crippen molar-refractivity contribution in [3.63, 3.8) is 0 Å². The van der Waals surface area contributed by atoms with Gasteiger partial charge in [-0.3, -0.25) is 15.2 Å². The molecule has 1 aliphatic heterocycles. The summed E-state index contributed by atoms with van der Waals surface area (Å²) in [6, 6.07) is 15.1. The minimum atomic E-state index is -0.489. The average Bonchev–Trinajstić information content (AvgIpc) is 2.80. The van der Waals surface area contributed by atoms with E-state index in [1.165, 1.54) is 0 Å². The van der Waals surface area contributed by atoms with Crippen LogP contribution in [0.2, 0.25) is 0 Å². The summed E-state index contributed by atoms with van der Waals surface area (Å²) in [5.41, 5.74) is 5.63. The summed E-state index contributed by atoms with van der Waals surface area (Å²) < 4.78 is 10.8. The minimum Gasteiger partial charge on any atom is -0.390 e. The van der Waals surface area contributed by atoms with E-state index in [0.717, 1.165) is 11.1 Å². The number of hydrogen-bond acceptors (Lipinski definition) is 9. The molecule has 164 valence electrons. The number of rotatable bonds is 7. The number of hydrogen-bond donors (Lipinski definition) is 1. The van der Waals surface area contributed by atoms with Gasteiger partial charge in [0.1, 0.15) is 5.82 Å². The van der Waals surface area contributed by atoms with Gasteiger partial charge in [0.2, 0.25) is 0 Å². The van der Waals surface area contributed by atoms with Gasteiger partial charge in [-0.05, 0) is 24.6 Å². The van der Waals surface area contributed by atoms with Gasteiger partial charge in [0.15, 0.2) is 5.82 Å². The number of morpholine rings is 1. The van der Waals surface area contributed by atoms with Crippen molar-refractivity contribution in [2.24, 2.45) is 5.10 Å². The van der Waals surface area contributed by atoms with Crippen LogP contribution in [0.1, 0.15) is 16.8 Å². The first-order valence-corrected chi connectivity index (χ1v) is 10.3. The van der Waals surface area contributed by atoms with E-state index >= 15 is 0 Å². The number of esters is 1. The molecule has 9 heteroatoms. The summed E-state index contributed by atoms with van der Waals surface area (Å²) in [5, 5.41) is 4.27. The molecule has 0 amide bonds. The first kappa shape index (κ1) is 21.4. The van der Waals surface area contributed by atoms with Gasteiger partial charge < -0.3 is 14.4 Å². The van der Waals surface area contributed by atoms with Gasteiger partial charge in [-0.2, -0.15) is 15.1 Å². The van der Waals surface area contributed by atoms with E-state index in [0.29, 0.717) is 43.6 Å². The van der Waals surface area contributed by atoms with Crippen LogP contribution in [0.25, 0.3) is 0 Å². The van der Waals surface area contributed by atoms with E-state index in [1.807, 2.05) is 37.3 Å². The number of ether oxygens (including phenoxy) is 2. The number of anilines is 2. The molecule has 1 N–H and O–H groups in total. The number of aromatic nitrogens is 3. The molecule has 0 saturated carbocycles. The Bertz CT molecular complexity index is 1080. The van der Waals surface area contributed by atoms with E-state index in [4.69, 9.17) is 9.47 Å². The largest absolute Gasteiger partial charge is 0.390 e. The normalized spacial score (nSPS) is 13.8. The van der Waals surface area contributed by atoms with Crippen molar-refractivity contribution in [2.75, 3.05) is 36.6 Å². The van der Waals surface area contributed by atoms with Crippen LogP contribution in [0, 0.1) is 6.92 Å². The van der Waals surface area contributed by atoms with Crippen LogP contribution in [0.5, 0.6) is 6.01 Å². The Balaban J connectivity index is 1.51. The summed E-state index contributed by atoms with van der Waals surface area (Å²) in [4.78, 5) is 27.3. The fraction of sp³-hybridized carbons (Fsp3) is 0.261. The van der Waals surface area contributed by atoms with Crippen molar-refractivity contribution in [2.45, 2.75) is 13.3 Å². The van der Waals surface area contributed by atoms with E-state index in [2.05, 4.69) is 30.4 Å². The highest BCUT2D eigenvalue weighted by atomic mass is 16.5. The predicted molar refractivity (Wildman–Crippen MR) is 121 cm³/mol. The Morgan fingerprint density at radius 1 is 1.19 bits per heavy atom. The molecule has 0 bridgehead atoms. The fourth-order valence-corrected chi connectivity index (χ4v) is 3.18. The molecule has 3 aromatic rings. The highest BCUT2D eigenvalue weighted by Gasteiger charge is 2.17. The SMILES string of the molecule is Cc1cccc(/C=N/Nc2cc(N3CCOCC3)nc(OC(=O)Cc3ccccn3)n2)c1. The Hall–Kier alpha value is -3.85. The number of carbonyl (C=O) groups excluding carboxylic acids is 1. The Morgan fingerprint density at radius 2 is 2.06 bits per heavy atom. The molecule has 0 aliphatic carbocycles. The number of nitrogens with zero attached hydrogens (tertiary/aromatic N) is 5. The van der Waals surface area contributed by atoms with Crippen molar-refractivity contribution >= 4 is 23.8 Å². The fourth-order valence-electron chi connectivity index (χ4n) is 3.18. The monoisotopic (exact) mass is 432 g/mol. The molecular weight excluding hydrogens is 408 g/mol. The molecule has 0 radical (unpaired) electrons. The number of hydrazone groups is 1. The van der Waals surface area contributed by atoms with Crippen molar-refractivity contribution < 1.29 is 14.3 Å². The lowest BCUT2D eigenvalue weighted by molar-refractivity contribution is -0.134. The average molecular weight is 432 g/mol. The second-order valence-electron chi connectivity index (χ2n) is 7.25. The molecule has 4 rings (SSSR count). The third kappa shape index (κ3) is 6.08. The molecule has 0 atom stereocenters. The maximum absolute atomic E-state index is 12.4. The minimum absolute atomic E-state index is 0.0280. The summed E-state index contributed by atoms with van der Waals surface area (Å²) in [5.74, 6) is 0.570. The second kappa shape index (κ2) is 10.5. The molecule has 0 unspecified atom stereocenters. The highest BCUT2D eigenvalue weighted by molar-refractivity contribution is 5.80. The van der Waals surface area contributed by atoms with Gasteiger partial charge in [0.25, 0.3) is 0 Å². The number of aryl methyl sites for hydroxylation is 1. The zero-order valence-electron chi connectivity index (χ0n) is 17.8. The molecule has 32 heavy (non-hydrogen) atoms. The molecule has 2 aromatic heterocycles. The Kier molecular flexibility index (Phi) is 6.98. The summed E-state index contributed by atoms with van der Waals surface area (Å²) >= 11 is 0. The van der Waals surface area contributed by atoms with Gasteiger partial charge >= 0.3 is 12.0 Å². The van der Waals surface area contributed by atoms with Gasteiger partial charge in [-0.15, -0.1) is 0 Å². The summed E-state index contributed by atoms with van der Waals surface area (Å²) in [6.07, 6.45) is 3.36. The molecule has 3 heterocycles. The van der Waals surface area contributed by atoms with E-state index < -0.39 is 5.97 Å². The van der Waals surface area contributed by atoms with Crippen LogP contribution in [-0.4, -0.2) is 53.4 Å². The standard InChI is InChI=1S/C23H24N6O3/c1-17-5-4-6-18(13-17)16-25-28-20-15-21(29-9-11-31-12-10-29)27-23(26-20)32-22(30)14-19-7-2-3-8-24-19/h2-8,13,15-16H,9-12,14H2,1H3,(H,26,27,28)/b25-16+. The van der Waals surface area contributed by atoms with Gasteiger partial charge in [-0.1, -0.05) is 35.9 Å². The first-order valence-electron chi connectivity index (χ1n) is 10.3. The quantitative estimate of drug-likeness (QED) is 0.345. The van der Waals surface area contributed by atoms with Gasteiger partial charge in [0, 0.05) is 25.4 Å². The molecule has 0 spiro atoms. The van der Waals surface area contributed by atoms with Crippen LogP contribution < -0.4 is 15.1 Å². The number of carbonyl (C=O) groups is 1. The number of benzene rings is 1. The second-order valence-corrected chi connectivity index (χ2v) is 7.25. The van der Waals surface area contributed by atoms with Crippen molar-refractivity contribution in [3.05, 3.63) is 71.5 Å². The summed E-state index contributed by atoms with van der Waals surface area (Å²) in [6.45, 7) is 4.60. The smallest absolute Gasteiger partial charge is 0.328 e. The number of pyridine rings is 1. The van der Waals surface area contributed by atoms with Crippen LogP contribution in [0.4, 0.5) is 11.6 Å². The molecule has 1 fully saturated rings. The van der Waals surface area contributed by atoms with E-state index in [9.17, 15) is 4.79 Å². The Morgan fingerprint density at radius 3 is 2.84 bits per heavy atom. The first-order chi connectivity index (χ1) is 15.7. The van der Waals surface area contributed by atoms with Gasteiger partial charge in [-0.25, -0.2) is 0 Å². The Labute approximate surface area is 186 Å². The van der Waals surface area contributed by atoms with Crippen LogP contribution >= 0.6 is 0 Å². The maximum Gasteiger partial charge on any atom is 0.328 e. The summed E-state index contributed by atoms with van der Waals surface area (Å²) in [7, 11) is 0. The van der Waals surface area contributed by atoms with Crippen LogP contribution in [0.3, 0.4) is 0 Å². The zero-order valence-corrected chi connectivity index (χ0v) is 17.8. The third-order valence-electron chi connectivity index (χ3n) is 4.72. The van der Waals surface area contributed by atoms with Crippen molar-refractivity contribution in [1.29, 1.82) is 0 Å². The lowest BCUT2D eigenvalue weighted by atomic mass is 10.2. The van der Waals surface area contributed by atoms with Gasteiger partial charge in [0.05, 0.1) is 31.5 Å². The molecular formula is C23H24N6O3.